The van der Waals surface area contributed by atoms with E-state index >= 15 is 0 Å². The van der Waals surface area contributed by atoms with Crippen LogP contribution in [0.2, 0.25) is 0 Å². The van der Waals surface area contributed by atoms with Gasteiger partial charge in [-0.15, -0.1) is 0 Å². The molecule has 0 radical (unpaired) electrons. The molecule has 0 atom stereocenters. The first-order valence-corrected chi connectivity index (χ1v) is 8.39. The molecule has 3 rings (SSSR count). The van der Waals surface area contributed by atoms with Crippen molar-refractivity contribution in [2.75, 3.05) is 6.61 Å². The van der Waals surface area contributed by atoms with Gasteiger partial charge in [-0.2, -0.15) is 18.3 Å². The lowest BCUT2D eigenvalue weighted by atomic mass is 10.1. The molecule has 0 saturated carbocycles. The number of pyridine rings is 1. The molecule has 2 aromatic heterocycles. The van der Waals surface area contributed by atoms with Gasteiger partial charge in [-0.1, -0.05) is 24.3 Å². The SMILES string of the molecule is O=C(NCc1ccccc1Cn1cccn1)c1ccc(OCC(F)(F)F)nc1. The molecule has 0 aliphatic heterocycles. The van der Waals surface area contributed by atoms with Gasteiger partial charge in [-0.3, -0.25) is 9.48 Å². The van der Waals surface area contributed by atoms with E-state index in [0.29, 0.717) is 13.1 Å². The number of rotatable bonds is 7. The maximum absolute atomic E-state index is 12.3. The van der Waals surface area contributed by atoms with Crippen LogP contribution in [0, 0.1) is 0 Å². The molecule has 0 saturated heterocycles. The molecule has 1 aromatic carbocycles. The van der Waals surface area contributed by atoms with Crippen molar-refractivity contribution in [1.29, 1.82) is 0 Å². The van der Waals surface area contributed by atoms with E-state index in [0.717, 1.165) is 11.1 Å². The summed E-state index contributed by atoms with van der Waals surface area (Å²) in [4.78, 5) is 16.0. The smallest absolute Gasteiger partial charge is 0.422 e. The summed E-state index contributed by atoms with van der Waals surface area (Å²) in [5, 5.41) is 6.95. The van der Waals surface area contributed by atoms with Crippen molar-refractivity contribution in [2.45, 2.75) is 19.3 Å². The fraction of sp³-hybridized carbons (Fsp3) is 0.211. The highest BCUT2D eigenvalue weighted by atomic mass is 19.4. The normalized spacial score (nSPS) is 11.2. The Balaban J connectivity index is 1.58. The summed E-state index contributed by atoms with van der Waals surface area (Å²) in [5.41, 5.74) is 2.17. The van der Waals surface area contributed by atoms with Gasteiger partial charge in [0, 0.05) is 31.2 Å². The molecule has 1 N–H and O–H groups in total. The second kappa shape index (κ2) is 8.55. The Morgan fingerprint density at radius 1 is 1.11 bits per heavy atom. The molecule has 9 heteroatoms. The molecule has 146 valence electrons. The van der Waals surface area contributed by atoms with Gasteiger partial charge in [0.2, 0.25) is 5.88 Å². The number of halogens is 3. The lowest BCUT2D eigenvalue weighted by Gasteiger charge is -2.11. The van der Waals surface area contributed by atoms with Crippen LogP contribution in [0.1, 0.15) is 21.5 Å². The van der Waals surface area contributed by atoms with E-state index < -0.39 is 12.8 Å². The summed E-state index contributed by atoms with van der Waals surface area (Å²) >= 11 is 0. The molecule has 3 aromatic rings. The van der Waals surface area contributed by atoms with Crippen molar-refractivity contribution in [3.63, 3.8) is 0 Å². The zero-order valence-electron chi connectivity index (χ0n) is 14.7. The first kappa shape index (κ1) is 19.4. The molecule has 0 bridgehead atoms. The predicted octanol–water partition coefficient (Wildman–Crippen LogP) is 3.20. The third kappa shape index (κ3) is 5.57. The Morgan fingerprint density at radius 2 is 1.89 bits per heavy atom. The second-order valence-corrected chi connectivity index (χ2v) is 5.94. The Bertz CT molecular complexity index is 910. The quantitative estimate of drug-likeness (QED) is 0.673. The highest BCUT2D eigenvalue weighted by molar-refractivity contribution is 5.93. The van der Waals surface area contributed by atoms with E-state index in [1.165, 1.54) is 18.3 Å². The van der Waals surface area contributed by atoms with Gasteiger partial charge in [-0.05, 0) is 23.3 Å². The monoisotopic (exact) mass is 390 g/mol. The Labute approximate surface area is 159 Å². The number of amides is 1. The first-order valence-electron chi connectivity index (χ1n) is 8.39. The van der Waals surface area contributed by atoms with Gasteiger partial charge < -0.3 is 10.1 Å². The van der Waals surface area contributed by atoms with E-state index in [1.54, 1.807) is 10.9 Å². The topological polar surface area (TPSA) is 69.0 Å². The molecule has 6 nitrogen and oxygen atoms in total. The molecular formula is C19H17F3N4O2. The number of alkyl halides is 3. The molecule has 0 spiro atoms. The average molecular weight is 390 g/mol. The van der Waals surface area contributed by atoms with Crippen LogP contribution in [0.4, 0.5) is 13.2 Å². The fourth-order valence-electron chi connectivity index (χ4n) is 2.49. The first-order chi connectivity index (χ1) is 13.4. The summed E-state index contributed by atoms with van der Waals surface area (Å²) < 4.78 is 42.7. The van der Waals surface area contributed by atoms with Crippen LogP contribution in [0.25, 0.3) is 0 Å². The maximum atomic E-state index is 12.3. The minimum absolute atomic E-state index is 0.196. The number of carbonyl (C=O) groups is 1. The molecule has 2 heterocycles. The van der Waals surface area contributed by atoms with Gasteiger partial charge in [-0.25, -0.2) is 4.98 Å². The van der Waals surface area contributed by atoms with Gasteiger partial charge in [0.25, 0.3) is 5.91 Å². The van der Waals surface area contributed by atoms with E-state index in [2.05, 4.69) is 20.1 Å². The summed E-state index contributed by atoms with van der Waals surface area (Å²) in [6.45, 7) is -0.562. The van der Waals surface area contributed by atoms with E-state index in [1.807, 2.05) is 36.5 Å². The predicted molar refractivity (Wildman–Crippen MR) is 94.7 cm³/mol. The number of hydrogen-bond donors (Lipinski definition) is 1. The van der Waals surface area contributed by atoms with Crippen LogP contribution in [-0.4, -0.2) is 33.5 Å². The lowest BCUT2D eigenvalue weighted by molar-refractivity contribution is -0.154. The number of carbonyl (C=O) groups excluding carboxylic acids is 1. The van der Waals surface area contributed by atoms with Crippen molar-refractivity contribution in [2.24, 2.45) is 0 Å². The number of hydrogen-bond acceptors (Lipinski definition) is 4. The number of ether oxygens (including phenoxy) is 1. The second-order valence-electron chi connectivity index (χ2n) is 5.94. The molecular weight excluding hydrogens is 373 g/mol. The third-order valence-corrected chi connectivity index (χ3v) is 3.83. The Morgan fingerprint density at radius 3 is 2.54 bits per heavy atom. The van der Waals surface area contributed by atoms with E-state index in [-0.39, 0.29) is 17.4 Å². The Hall–Kier alpha value is -3.36. The summed E-state index contributed by atoms with van der Waals surface area (Å²) in [7, 11) is 0. The number of benzene rings is 1. The number of nitrogens with one attached hydrogen (secondary N) is 1. The molecule has 0 fully saturated rings. The minimum atomic E-state index is -4.44. The van der Waals surface area contributed by atoms with Crippen molar-refractivity contribution >= 4 is 5.91 Å². The van der Waals surface area contributed by atoms with E-state index in [4.69, 9.17) is 0 Å². The molecule has 0 aliphatic rings. The zero-order valence-corrected chi connectivity index (χ0v) is 14.7. The van der Waals surface area contributed by atoms with Crippen LogP contribution < -0.4 is 10.1 Å². The fourth-order valence-corrected chi connectivity index (χ4v) is 2.49. The zero-order chi connectivity index (χ0) is 20.0. The molecule has 0 aliphatic carbocycles. The van der Waals surface area contributed by atoms with Crippen molar-refractivity contribution < 1.29 is 22.7 Å². The standard InChI is InChI=1S/C19H17F3N4O2/c20-19(21,22)13-28-17-7-6-15(11-23-17)18(27)24-10-14-4-1-2-5-16(14)12-26-9-3-8-25-26/h1-9,11H,10,12-13H2,(H,24,27). The highest BCUT2D eigenvalue weighted by Crippen LogP contribution is 2.17. The van der Waals surface area contributed by atoms with Crippen LogP contribution in [-0.2, 0) is 13.1 Å². The number of nitrogens with zero attached hydrogens (tertiary/aromatic N) is 3. The molecule has 1 amide bonds. The lowest BCUT2D eigenvalue weighted by Crippen LogP contribution is -2.24. The maximum Gasteiger partial charge on any atom is 0.422 e. The van der Waals surface area contributed by atoms with Gasteiger partial charge in [0.1, 0.15) is 0 Å². The van der Waals surface area contributed by atoms with Gasteiger partial charge in [0.05, 0.1) is 12.1 Å². The minimum Gasteiger partial charge on any atom is -0.468 e. The van der Waals surface area contributed by atoms with Crippen molar-refractivity contribution in [1.82, 2.24) is 20.1 Å². The van der Waals surface area contributed by atoms with Crippen LogP contribution in [0.5, 0.6) is 5.88 Å². The van der Waals surface area contributed by atoms with Crippen LogP contribution in [0.3, 0.4) is 0 Å². The largest absolute Gasteiger partial charge is 0.468 e. The molecule has 0 unspecified atom stereocenters. The van der Waals surface area contributed by atoms with Crippen LogP contribution >= 0.6 is 0 Å². The van der Waals surface area contributed by atoms with Gasteiger partial charge >= 0.3 is 6.18 Å². The Kier molecular flexibility index (Phi) is 5.93. The summed E-state index contributed by atoms with van der Waals surface area (Å²) in [6.07, 6.45) is 0.279. The summed E-state index contributed by atoms with van der Waals surface area (Å²) in [5.74, 6) is -0.581. The number of aromatic nitrogens is 3. The highest BCUT2D eigenvalue weighted by Gasteiger charge is 2.28. The van der Waals surface area contributed by atoms with Crippen molar-refractivity contribution in [3.8, 4) is 5.88 Å². The summed E-state index contributed by atoms with van der Waals surface area (Å²) in [6, 6.07) is 12.1. The van der Waals surface area contributed by atoms with Crippen LogP contribution in [0.15, 0.2) is 61.1 Å². The average Bonchev–Trinajstić information content (AvgIpc) is 3.18. The molecule has 28 heavy (non-hydrogen) atoms. The van der Waals surface area contributed by atoms with E-state index in [9.17, 15) is 18.0 Å². The third-order valence-electron chi connectivity index (χ3n) is 3.83. The van der Waals surface area contributed by atoms with Gasteiger partial charge in [0.15, 0.2) is 6.61 Å². The van der Waals surface area contributed by atoms with Crippen molar-refractivity contribution in [3.05, 3.63) is 77.7 Å².